The van der Waals surface area contributed by atoms with Crippen LogP contribution < -0.4 is 4.80 Å². The van der Waals surface area contributed by atoms with Crippen molar-refractivity contribution in [2.75, 3.05) is 0 Å². The van der Waals surface area contributed by atoms with E-state index in [0.717, 1.165) is 30.5 Å². The predicted molar refractivity (Wildman–Crippen MR) is 98.4 cm³/mol. The Morgan fingerprint density at radius 1 is 1.19 bits per heavy atom. The summed E-state index contributed by atoms with van der Waals surface area (Å²) in [5, 5.41) is 1.93. The van der Waals surface area contributed by atoms with E-state index in [2.05, 4.69) is 9.98 Å². The van der Waals surface area contributed by atoms with Gasteiger partial charge < -0.3 is 13.6 Å². The summed E-state index contributed by atoms with van der Waals surface area (Å²) in [6.45, 7) is 1.46. The quantitative estimate of drug-likeness (QED) is 0.486. The van der Waals surface area contributed by atoms with E-state index >= 15 is 0 Å². The van der Waals surface area contributed by atoms with E-state index in [1.807, 2.05) is 32.8 Å². The van der Waals surface area contributed by atoms with Crippen molar-refractivity contribution in [1.82, 2.24) is 14.1 Å². The molecule has 0 fully saturated rings. The fourth-order valence-corrected chi connectivity index (χ4v) is 3.69. The molecule has 0 aliphatic heterocycles. The van der Waals surface area contributed by atoms with Gasteiger partial charge >= 0.3 is 0 Å². The van der Waals surface area contributed by atoms with Crippen molar-refractivity contribution in [1.29, 1.82) is 0 Å². The molecule has 0 saturated heterocycles. The Morgan fingerprint density at radius 3 is 2.85 bits per heavy atom. The molecule has 0 unspecified atom stereocenters. The third-order valence-electron chi connectivity index (χ3n) is 4.05. The number of halogens is 2. The summed E-state index contributed by atoms with van der Waals surface area (Å²) in [6, 6.07) is 7.07. The molecule has 4 aromatic rings. The summed E-state index contributed by atoms with van der Waals surface area (Å²) in [4.78, 5) is 9.07. The van der Waals surface area contributed by atoms with Gasteiger partial charge in [-0.15, -0.1) is 11.3 Å². The molecule has 138 valence electrons. The number of thiazole rings is 1. The number of hydrogen-bond donors (Lipinski definition) is 0. The summed E-state index contributed by atoms with van der Waals surface area (Å²) in [6.07, 6.45) is 7.86. The van der Waals surface area contributed by atoms with Crippen LogP contribution in [0.2, 0.25) is 0 Å². The molecular formula is C19H16F2N4OS. The van der Waals surface area contributed by atoms with Gasteiger partial charge in [-0.25, -0.2) is 18.8 Å². The Morgan fingerprint density at radius 2 is 2.11 bits per heavy atom. The number of aryl methyl sites for hydroxylation is 1. The summed E-state index contributed by atoms with van der Waals surface area (Å²) >= 11 is 1.39. The average molecular weight is 386 g/mol. The lowest BCUT2D eigenvalue weighted by Gasteiger charge is -2.08. The smallest absolute Gasteiger partial charge is 0.190 e. The van der Waals surface area contributed by atoms with Crippen molar-refractivity contribution >= 4 is 17.0 Å². The lowest BCUT2D eigenvalue weighted by atomic mass is 10.3. The molecule has 0 aliphatic rings. The van der Waals surface area contributed by atoms with Crippen LogP contribution >= 0.6 is 11.3 Å². The van der Waals surface area contributed by atoms with Crippen LogP contribution in [0, 0.1) is 11.6 Å². The summed E-state index contributed by atoms with van der Waals surface area (Å²) < 4.78 is 36.7. The maximum Gasteiger partial charge on any atom is 0.190 e. The fraction of sp³-hybridized carbons (Fsp3) is 0.158. The molecule has 0 saturated carbocycles. The molecule has 1 aromatic carbocycles. The van der Waals surface area contributed by atoms with Gasteiger partial charge in [0, 0.05) is 36.9 Å². The van der Waals surface area contributed by atoms with Gasteiger partial charge in [-0.1, -0.05) is 0 Å². The topological polar surface area (TPSA) is 48.2 Å². The van der Waals surface area contributed by atoms with E-state index in [-0.39, 0.29) is 5.69 Å². The van der Waals surface area contributed by atoms with Gasteiger partial charge in [0.15, 0.2) is 16.4 Å². The van der Waals surface area contributed by atoms with Crippen molar-refractivity contribution in [3.8, 4) is 11.5 Å². The third kappa shape index (κ3) is 3.90. The lowest BCUT2D eigenvalue weighted by Crippen LogP contribution is -2.17. The van der Waals surface area contributed by atoms with Gasteiger partial charge in [-0.2, -0.15) is 0 Å². The highest BCUT2D eigenvalue weighted by molar-refractivity contribution is 7.07. The monoisotopic (exact) mass is 386 g/mol. The Hall–Kier alpha value is -3.00. The zero-order chi connectivity index (χ0) is 18.6. The molecule has 0 N–H and O–H groups in total. The molecule has 0 amide bonds. The van der Waals surface area contributed by atoms with Crippen LogP contribution in [0.1, 0.15) is 6.42 Å². The SMILES string of the molecule is Fc1ccc(N=c2scc(-c3ccco3)n2CCCn2ccnc2)c(F)c1. The minimum Gasteiger partial charge on any atom is -0.463 e. The molecule has 8 heteroatoms. The number of imidazole rings is 1. The van der Waals surface area contributed by atoms with Crippen molar-refractivity contribution in [3.05, 3.63) is 77.1 Å². The minimum atomic E-state index is -0.687. The first-order valence-electron chi connectivity index (χ1n) is 8.38. The van der Waals surface area contributed by atoms with Crippen LogP contribution in [0.3, 0.4) is 0 Å². The number of benzene rings is 1. The zero-order valence-electron chi connectivity index (χ0n) is 14.3. The van der Waals surface area contributed by atoms with Crippen LogP contribution in [0.5, 0.6) is 0 Å². The van der Waals surface area contributed by atoms with Crippen LogP contribution in [0.25, 0.3) is 11.5 Å². The van der Waals surface area contributed by atoms with Crippen molar-refractivity contribution in [2.45, 2.75) is 19.5 Å². The van der Waals surface area contributed by atoms with Crippen molar-refractivity contribution < 1.29 is 13.2 Å². The molecule has 0 radical (unpaired) electrons. The summed E-state index contributed by atoms with van der Waals surface area (Å²) in [7, 11) is 0. The molecule has 4 rings (SSSR count). The Kier molecular flexibility index (Phi) is 4.97. The largest absolute Gasteiger partial charge is 0.463 e. The molecule has 3 heterocycles. The van der Waals surface area contributed by atoms with Crippen molar-refractivity contribution in [3.63, 3.8) is 0 Å². The zero-order valence-corrected chi connectivity index (χ0v) is 15.1. The summed E-state index contributed by atoms with van der Waals surface area (Å²) in [5.41, 5.74) is 0.976. The Balaban J connectivity index is 1.69. The maximum atomic E-state index is 14.0. The standard InChI is InChI=1S/C19H16F2N4OS/c20-14-4-5-16(15(21)11-14)23-19-25(8-2-7-24-9-6-22-13-24)17(12-27-19)18-3-1-10-26-18/h1,3-6,9-13H,2,7-8H2. The van der Waals surface area contributed by atoms with Crippen LogP contribution in [-0.2, 0) is 13.1 Å². The van der Waals surface area contributed by atoms with Crippen molar-refractivity contribution in [2.24, 2.45) is 4.99 Å². The number of aromatic nitrogens is 3. The second kappa shape index (κ2) is 7.71. The highest BCUT2D eigenvalue weighted by atomic mass is 32.1. The molecule has 5 nitrogen and oxygen atoms in total. The van der Waals surface area contributed by atoms with Crippen LogP contribution in [0.15, 0.2) is 70.1 Å². The van der Waals surface area contributed by atoms with Crippen LogP contribution in [0.4, 0.5) is 14.5 Å². The highest BCUT2D eigenvalue weighted by Gasteiger charge is 2.11. The van der Waals surface area contributed by atoms with E-state index < -0.39 is 11.6 Å². The first-order valence-corrected chi connectivity index (χ1v) is 9.26. The molecule has 3 aromatic heterocycles. The van der Waals surface area contributed by atoms with Gasteiger partial charge in [-0.05, 0) is 30.7 Å². The third-order valence-corrected chi connectivity index (χ3v) is 4.92. The highest BCUT2D eigenvalue weighted by Crippen LogP contribution is 2.23. The lowest BCUT2D eigenvalue weighted by molar-refractivity contribution is 0.540. The molecule has 0 bridgehead atoms. The maximum absolute atomic E-state index is 14.0. The van der Waals surface area contributed by atoms with E-state index in [1.54, 1.807) is 18.8 Å². The van der Waals surface area contributed by atoms with Gasteiger partial charge in [0.1, 0.15) is 11.5 Å². The first-order chi connectivity index (χ1) is 13.2. The number of furan rings is 1. The van der Waals surface area contributed by atoms with E-state index in [0.29, 0.717) is 11.3 Å². The average Bonchev–Trinajstić information content (AvgIpc) is 3.40. The fourth-order valence-electron chi connectivity index (χ4n) is 2.76. The second-order valence-electron chi connectivity index (χ2n) is 5.89. The van der Waals surface area contributed by atoms with E-state index in [4.69, 9.17) is 4.42 Å². The first kappa shape index (κ1) is 17.4. The van der Waals surface area contributed by atoms with Gasteiger partial charge in [0.05, 0.1) is 18.3 Å². The normalized spacial score (nSPS) is 12.0. The van der Waals surface area contributed by atoms with Gasteiger partial charge in [-0.3, -0.25) is 0 Å². The van der Waals surface area contributed by atoms with E-state index in [9.17, 15) is 8.78 Å². The molecular weight excluding hydrogens is 370 g/mol. The second-order valence-corrected chi connectivity index (χ2v) is 6.73. The molecule has 27 heavy (non-hydrogen) atoms. The number of nitrogens with zero attached hydrogens (tertiary/aromatic N) is 4. The van der Waals surface area contributed by atoms with Gasteiger partial charge in [0.25, 0.3) is 0 Å². The Labute approximate surface area is 157 Å². The van der Waals surface area contributed by atoms with Crippen LogP contribution in [-0.4, -0.2) is 14.1 Å². The number of rotatable bonds is 6. The predicted octanol–water partition coefficient (Wildman–Crippen LogP) is 4.61. The molecule has 0 spiro atoms. The molecule has 0 atom stereocenters. The van der Waals surface area contributed by atoms with E-state index in [1.165, 1.54) is 23.5 Å². The minimum absolute atomic E-state index is 0.104. The summed E-state index contributed by atoms with van der Waals surface area (Å²) in [5.74, 6) is -0.593. The number of hydrogen-bond acceptors (Lipinski definition) is 4. The Bertz CT molecular complexity index is 1080. The molecule has 0 aliphatic carbocycles. The van der Waals surface area contributed by atoms with Gasteiger partial charge in [0.2, 0.25) is 0 Å².